The number of hydrogen-bond acceptors (Lipinski definition) is 4. The van der Waals surface area contributed by atoms with E-state index in [4.69, 9.17) is 16.7 Å². The molecule has 1 heterocycles. The van der Waals surface area contributed by atoms with Gasteiger partial charge in [0.05, 0.1) is 0 Å². The lowest BCUT2D eigenvalue weighted by atomic mass is 10.2. The summed E-state index contributed by atoms with van der Waals surface area (Å²) in [7, 11) is 0. The molecule has 2 aromatic rings. The van der Waals surface area contributed by atoms with Crippen LogP contribution in [0.2, 0.25) is 5.15 Å². The molecule has 0 saturated carbocycles. The van der Waals surface area contributed by atoms with Crippen molar-refractivity contribution in [3.05, 3.63) is 47.1 Å². The maximum Gasteiger partial charge on any atom is 0.256 e. The van der Waals surface area contributed by atoms with E-state index in [1.54, 1.807) is 18.2 Å². The van der Waals surface area contributed by atoms with Crippen molar-refractivity contribution in [2.45, 2.75) is 0 Å². The summed E-state index contributed by atoms with van der Waals surface area (Å²) in [4.78, 5) is 15.7. The van der Waals surface area contributed by atoms with Crippen LogP contribution in [0.15, 0.2) is 36.4 Å². The normalized spacial score (nSPS) is 10.1. The lowest BCUT2D eigenvalue weighted by Gasteiger charge is -2.05. The molecule has 0 radical (unpaired) electrons. The van der Waals surface area contributed by atoms with Gasteiger partial charge in [0.25, 0.3) is 5.91 Å². The van der Waals surface area contributed by atoms with Crippen LogP contribution in [-0.4, -0.2) is 21.1 Å². The maximum atomic E-state index is 11.8. The minimum absolute atomic E-state index is 0.201. The molecule has 0 atom stereocenters. The molecule has 1 aromatic carbocycles. The van der Waals surface area contributed by atoms with Crippen LogP contribution < -0.4 is 5.32 Å². The lowest BCUT2D eigenvalue weighted by Crippen LogP contribution is -2.12. The van der Waals surface area contributed by atoms with Crippen LogP contribution in [0.25, 0.3) is 0 Å². The highest BCUT2D eigenvalue weighted by molar-refractivity contribution is 6.29. The number of rotatable bonds is 2. The third kappa shape index (κ3) is 2.70. The second kappa shape index (κ2) is 4.93. The monoisotopic (exact) mass is 264 g/mol. The molecule has 92 valence electrons. The van der Waals surface area contributed by atoms with Crippen molar-refractivity contribution in [2.75, 3.05) is 5.32 Å². The van der Waals surface area contributed by atoms with E-state index in [0.29, 0.717) is 5.82 Å². The summed E-state index contributed by atoms with van der Waals surface area (Å²) in [6.07, 6.45) is 0. The Labute approximate surface area is 108 Å². The molecule has 5 nitrogen and oxygen atoms in total. The van der Waals surface area contributed by atoms with E-state index >= 15 is 0 Å². The fraction of sp³-hybridized carbons (Fsp3) is 0. The van der Waals surface area contributed by atoms with Crippen molar-refractivity contribution in [3.63, 3.8) is 0 Å². The highest BCUT2D eigenvalue weighted by atomic mass is 35.5. The Balaban J connectivity index is 2.19. The molecule has 2 rings (SSSR count). The highest BCUT2D eigenvalue weighted by Crippen LogP contribution is 2.25. The molecule has 0 saturated heterocycles. The molecule has 0 aliphatic carbocycles. The zero-order valence-electron chi connectivity index (χ0n) is 9.09. The van der Waals surface area contributed by atoms with Crippen molar-refractivity contribution in [3.8, 4) is 11.5 Å². The van der Waals surface area contributed by atoms with E-state index in [9.17, 15) is 9.90 Å². The number of aromatic hydroxyl groups is 2. The second-order valence-electron chi connectivity index (χ2n) is 3.50. The van der Waals surface area contributed by atoms with Crippen LogP contribution in [0.3, 0.4) is 0 Å². The van der Waals surface area contributed by atoms with Gasteiger partial charge in [-0.2, -0.15) is 0 Å². The van der Waals surface area contributed by atoms with Crippen LogP contribution in [0.1, 0.15) is 10.4 Å². The van der Waals surface area contributed by atoms with Gasteiger partial charge in [-0.05, 0) is 30.3 Å². The number of halogens is 1. The standard InChI is InChI=1S/C12H9ClN2O3/c13-10-2-1-3-11(14-10)15-12(18)7-4-5-8(16)9(17)6-7/h1-6,16-17H,(H,14,15,18). The number of anilines is 1. The van der Waals surface area contributed by atoms with E-state index in [1.807, 2.05) is 0 Å². The molecule has 0 aliphatic heterocycles. The van der Waals surface area contributed by atoms with E-state index in [1.165, 1.54) is 12.1 Å². The summed E-state index contributed by atoms with van der Waals surface area (Å²) >= 11 is 5.68. The molecular formula is C12H9ClN2O3. The average Bonchev–Trinajstić information content (AvgIpc) is 2.32. The van der Waals surface area contributed by atoms with Crippen LogP contribution in [0.4, 0.5) is 5.82 Å². The smallest absolute Gasteiger partial charge is 0.256 e. The molecule has 6 heteroatoms. The van der Waals surface area contributed by atoms with E-state index in [-0.39, 0.29) is 22.2 Å². The third-order valence-corrected chi connectivity index (χ3v) is 2.40. The number of phenols is 2. The Bertz CT molecular complexity index is 602. The molecule has 1 aromatic heterocycles. The summed E-state index contributed by atoms with van der Waals surface area (Å²) < 4.78 is 0. The number of aromatic nitrogens is 1. The molecule has 18 heavy (non-hydrogen) atoms. The second-order valence-corrected chi connectivity index (χ2v) is 3.89. The number of carbonyl (C=O) groups is 1. The van der Waals surface area contributed by atoms with Gasteiger partial charge < -0.3 is 15.5 Å². The third-order valence-electron chi connectivity index (χ3n) is 2.19. The SMILES string of the molecule is O=C(Nc1cccc(Cl)n1)c1ccc(O)c(O)c1. The van der Waals surface area contributed by atoms with Gasteiger partial charge in [0, 0.05) is 5.56 Å². The van der Waals surface area contributed by atoms with Gasteiger partial charge in [-0.15, -0.1) is 0 Å². The number of phenolic OH excluding ortho intramolecular Hbond substituents is 2. The predicted molar refractivity (Wildman–Crippen MR) is 67.0 cm³/mol. The van der Waals surface area contributed by atoms with E-state index < -0.39 is 5.91 Å². The molecule has 0 spiro atoms. The first-order chi connectivity index (χ1) is 8.56. The average molecular weight is 265 g/mol. The summed E-state index contributed by atoms with van der Waals surface area (Å²) in [5, 5.41) is 21.2. The molecule has 0 unspecified atom stereocenters. The minimum atomic E-state index is -0.458. The van der Waals surface area contributed by atoms with Crippen molar-refractivity contribution in [2.24, 2.45) is 0 Å². The number of pyridine rings is 1. The van der Waals surface area contributed by atoms with Crippen molar-refractivity contribution in [1.29, 1.82) is 0 Å². The number of amides is 1. The zero-order chi connectivity index (χ0) is 13.1. The number of hydrogen-bond donors (Lipinski definition) is 3. The van der Waals surface area contributed by atoms with Gasteiger partial charge in [-0.3, -0.25) is 4.79 Å². The van der Waals surface area contributed by atoms with E-state index in [2.05, 4.69) is 10.3 Å². The fourth-order valence-corrected chi connectivity index (χ4v) is 1.49. The van der Waals surface area contributed by atoms with Crippen LogP contribution in [0, 0.1) is 0 Å². The van der Waals surface area contributed by atoms with Crippen molar-refractivity contribution in [1.82, 2.24) is 4.98 Å². The van der Waals surface area contributed by atoms with E-state index in [0.717, 1.165) is 6.07 Å². The van der Waals surface area contributed by atoms with Gasteiger partial charge in [0.2, 0.25) is 0 Å². The highest BCUT2D eigenvalue weighted by Gasteiger charge is 2.09. The van der Waals surface area contributed by atoms with Gasteiger partial charge in [0.1, 0.15) is 11.0 Å². The number of nitrogens with zero attached hydrogens (tertiary/aromatic N) is 1. The quantitative estimate of drug-likeness (QED) is 0.575. The number of benzene rings is 1. The van der Waals surface area contributed by atoms with Gasteiger partial charge in [0.15, 0.2) is 11.5 Å². The molecule has 0 fully saturated rings. The van der Waals surface area contributed by atoms with Gasteiger partial charge in [-0.25, -0.2) is 4.98 Å². The topological polar surface area (TPSA) is 82.5 Å². The Morgan fingerprint density at radius 2 is 1.94 bits per heavy atom. The Morgan fingerprint density at radius 3 is 2.61 bits per heavy atom. The van der Waals surface area contributed by atoms with Crippen molar-refractivity contribution < 1.29 is 15.0 Å². The maximum absolute atomic E-state index is 11.8. The predicted octanol–water partition coefficient (Wildman–Crippen LogP) is 2.40. The fourth-order valence-electron chi connectivity index (χ4n) is 1.33. The summed E-state index contributed by atoms with van der Waals surface area (Å²) in [5.74, 6) is -0.797. The lowest BCUT2D eigenvalue weighted by molar-refractivity contribution is 0.102. The largest absolute Gasteiger partial charge is 0.504 e. The molecule has 3 N–H and O–H groups in total. The Kier molecular flexibility index (Phi) is 3.34. The summed E-state index contributed by atoms with van der Waals surface area (Å²) in [5.41, 5.74) is 0.201. The molecule has 0 bridgehead atoms. The van der Waals surface area contributed by atoms with Gasteiger partial charge >= 0.3 is 0 Å². The van der Waals surface area contributed by atoms with Crippen molar-refractivity contribution >= 4 is 23.3 Å². The first-order valence-electron chi connectivity index (χ1n) is 5.02. The molecular weight excluding hydrogens is 256 g/mol. The number of carbonyl (C=O) groups excluding carboxylic acids is 1. The Morgan fingerprint density at radius 1 is 1.17 bits per heavy atom. The van der Waals surface area contributed by atoms with Crippen LogP contribution in [0.5, 0.6) is 11.5 Å². The summed E-state index contributed by atoms with van der Waals surface area (Å²) in [6, 6.07) is 8.60. The summed E-state index contributed by atoms with van der Waals surface area (Å²) in [6.45, 7) is 0. The van der Waals surface area contributed by atoms with Gasteiger partial charge in [-0.1, -0.05) is 17.7 Å². The molecule has 0 aliphatic rings. The minimum Gasteiger partial charge on any atom is -0.504 e. The first kappa shape index (κ1) is 12.2. The number of nitrogens with one attached hydrogen (secondary N) is 1. The Hall–Kier alpha value is -2.27. The first-order valence-corrected chi connectivity index (χ1v) is 5.40. The van der Waals surface area contributed by atoms with Crippen LogP contribution in [-0.2, 0) is 0 Å². The zero-order valence-corrected chi connectivity index (χ0v) is 9.85. The molecule has 1 amide bonds. The van der Waals surface area contributed by atoms with Crippen LogP contribution >= 0.6 is 11.6 Å².